The van der Waals surface area contributed by atoms with Gasteiger partial charge in [-0.1, -0.05) is 48.5 Å². The van der Waals surface area contributed by atoms with Crippen LogP contribution in [0.3, 0.4) is 0 Å². The van der Waals surface area contributed by atoms with Crippen LogP contribution in [0.15, 0.2) is 48.5 Å². The van der Waals surface area contributed by atoms with Crippen LogP contribution >= 0.6 is 0 Å². The monoisotopic (exact) mass is 494 g/mol. The molecule has 0 spiro atoms. The van der Waals surface area contributed by atoms with Crippen LogP contribution in [0.5, 0.6) is 0 Å². The second-order valence-corrected chi connectivity index (χ2v) is 10.9. The standard InChI is InChI=1S/C30H41F2N.C2H3N/c1-24(2)33(23-17-25-12-4-3-5-13-25)22-11-14-26-27(29(31)18-6-7-19-29)15-10-16-28(26)30(32)20-8-9-21-30;1-2-3/h3-5,10,12-13,15-16,24H,6-9,11,14,17-23H2,1-2H3;1H3. The van der Waals surface area contributed by atoms with Crippen molar-refractivity contribution in [1.82, 2.24) is 4.90 Å². The Labute approximate surface area is 217 Å². The van der Waals surface area contributed by atoms with Crippen molar-refractivity contribution in [2.45, 2.75) is 109 Å². The summed E-state index contributed by atoms with van der Waals surface area (Å²) >= 11 is 0. The van der Waals surface area contributed by atoms with Crippen molar-refractivity contribution < 1.29 is 8.78 Å². The molecular weight excluding hydrogens is 450 g/mol. The molecule has 0 unspecified atom stereocenters. The number of nitrogens with zero attached hydrogens (tertiary/aromatic N) is 2. The van der Waals surface area contributed by atoms with Crippen LogP contribution in [0.2, 0.25) is 0 Å². The summed E-state index contributed by atoms with van der Waals surface area (Å²) in [7, 11) is 0. The van der Waals surface area contributed by atoms with E-state index >= 15 is 8.78 Å². The largest absolute Gasteiger partial charge is 0.301 e. The summed E-state index contributed by atoms with van der Waals surface area (Å²) in [6.45, 7) is 7.89. The Morgan fingerprint density at radius 1 is 0.806 bits per heavy atom. The van der Waals surface area contributed by atoms with Gasteiger partial charge in [0.2, 0.25) is 0 Å². The molecule has 2 fully saturated rings. The molecule has 0 N–H and O–H groups in total. The SMILES string of the molecule is CC#N.CC(C)N(CCCc1c(C2(F)CCCC2)cccc1C1(F)CCCC1)CCc1ccccc1. The van der Waals surface area contributed by atoms with Gasteiger partial charge in [-0.3, -0.25) is 0 Å². The zero-order valence-corrected chi connectivity index (χ0v) is 22.5. The smallest absolute Gasteiger partial charge is 0.136 e. The van der Waals surface area contributed by atoms with E-state index in [2.05, 4.69) is 49.1 Å². The van der Waals surface area contributed by atoms with Crippen LogP contribution in [-0.4, -0.2) is 24.0 Å². The molecule has 0 aliphatic heterocycles. The van der Waals surface area contributed by atoms with Crippen molar-refractivity contribution in [3.8, 4) is 6.07 Å². The van der Waals surface area contributed by atoms with Gasteiger partial charge in [-0.25, -0.2) is 8.78 Å². The molecule has 0 amide bonds. The summed E-state index contributed by atoms with van der Waals surface area (Å²) in [5.41, 5.74) is 1.38. The minimum Gasteiger partial charge on any atom is -0.301 e. The van der Waals surface area contributed by atoms with E-state index in [-0.39, 0.29) is 0 Å². The summed E-state index contributed by atoms with van der Waals surface area (Å²) in [4.78, 5) is 2.51. The van der Waals surface area contributed by atoms with Crippen LogP contribution in [0, 0.1) is 11.3 Å². The fourth-order valence-electron chi connectivity index (χ4n) is 6.11. The highest BCUT2D eigenvalue weighted by Crippen LogP contribution is 2.49. The first-order valence-electron chi connectivity index (χ1n) is 13.9. The molecule has 0 heterocycles. The minimum atomic E-state index is -1.27. The zero-order chi connectivity index (χ0) is 26.0. The average Bonchev–Trinajstić information content (AvgIpc) is 3.52. The lowest BCUT2D eigenvalue weighted by atomic mass is 9.80. The maximum Gasteiger partial charge on any atom is 0.136 e. The summed E-state index contributed by atoms with van der Waals surface area (Å²) in [5, 5.41) is 7.32. The van der Waals surface area contributed by atoms with Crippen LogP contribution in [0.1, 0.15) is 101 Å². The molecule has 0 aromatic heterocycles. The first kappa shape index (κ1) is 28.3. The Bertz CT molecular complexity index is 927. The summed E-state index contributed by atoms with van der Waals surface area (Å²) in [5.74, 6) is 0. The molecule has 2 nitrogen and oxygen atoms in total. The van der Waals surface area contributed by atoms with Gasteiger partial charge in [0.25, 0.3) is 0 Å². The number of alkyl halides is 2. The summed E-state index contributed by atoms with van der Waals surface area (Å²) in [6.07, 6.45) is 8.78. The first-order valence-corrected chi connectivity index (χ1v) is 13.9. The number of nitriles is 1. The number of benzene rings is 2. The van der Waals surface area contributed by atoms with Crippen molar-refractivity contribution >= 4 is 0 Å². The molecule has 4 rings (SSSR count). The summed E-state index contributed by atoms with van der Waals surface area (Å²) < 4.78 is 32.0. The third-order valence-electron chi connectivity index (χ3n) is 8.07. The van der Waals surface area contributed by atoms with Crippen LogP contribution < -0.4 is 0 Å². The van der Waals surface area contributed by atoms with E-state index in [1.54, 1.807) is 6.07 Å². The first-order chi connectivity index (χ1) is 17.3. The molecular formula is C32H44F2N2. The van der Waals surface area contributed by atoms with Crippen LogP contribution in [0.25, 0.3) is 0 Å². The topological polar surface area (TPSA) is 27.0 Å². The van der Waals surface area contributed by atoms with Crippen molar-refractivity contribution in [3.63, 3.8) is 0 Å². The van der Waals surface area contributed by atoms with Gasteiger partial charge in [-0.2, -0.15) is 5.26 Å². The van der Waals surface area contributed by atoms with Gasteiger partial charge in [-0.15, -0.1) is 0 Å². The third-order valence-corrected chi connectivity index (χ3v) is 8.07. The normalized spacial score (nSPS) is 18.2. The molecule has 0 atom stereocenters. The molecule has 36 heavy (non-hydrogen) atoms. The second-order valence-electron chi connectivity index (χ2n) is 10.9. The van der Waals surface area contributed by atoms with Gasteiger partial charge < -0.3 is 4.90 Å². The van der Waals surface area contributed by atoms with Gasteiger partial charge in [0.1, 0.15) is 11.3 Å². The van der Waals surface area contributed by atoms with E-state index in [0.717, 1.165) is 74.7 Å². The zero-order valence-electron chi connectivity index (χ0n) is 22.5. The van der Waals surface area contributed by atoms with Gasteiger partial charge in [0.05, 0.1) is 6.07 Å². The number of rotatable bonds is 10. The molecule has 2 aliphatic carbocycles. The van der Waals surface area contributed by atoms with Gasteiger partial charge in [-0.05, 0) is 113 Å². The van der Waals surface area contributed by atoms with E-state index in [1.807, 2.05) is 18.2 Å². The Hall–Kier alpha value is -2.25. The maximum atomic E-state index is 16.0. The lowest BCUT2D eigenvalue weighted by molar-refractivity contribution is 0.162. The number of halogens is 2. The van der Waals surface area contributed by atoms with E-state index in [4.69, 9.17) is 5.26 Å². The molecule has 2 saturated carbocycles. The lowest BCUT2D eigenvalue weighted by Gasteiger charge is -2.31. The van der Waals surface area contributed by atoms with Crippen molar-refractivity contribution in [2.24, 2.45) is 0 Å². The third kappa shape index (κ3) is 7.16. The quantitative estimate of drug-likeness (QED) is 0.331. The van der Waals surface area contributed by atoms with Gasteiger partial charge in [0.15, 0.2) is 0 Å². The van der Waals surface area contributed by atoms with Crippen LogP contribution in [-0.2, 0) is 24.2 Å². The Balaban J connectivity index is 0.00000115. The van der Waals surface area contributed by atoms with Crippen molar-refractivity contribution in [3.05, 3.63) is 70.8 Å². The number of hydrogen-bond acceptors (Lipinski definition) is 2. The molecule has 196 valence electrons. The van der Waals surface area contributed by atoms with E-state index in [1.165, 1.54) is 12.5 Å². The summed E-state index contributed by atoms with van der Waals surface area (Å²) in [6, 6.07) is 18.6. The Kier molecular flexibility index (Phi) is 10.5. The van der Waals surface area contributed by atoms with E-state index in [9.17, 15) is 0 Å². The van der Waals surface area contributed by atoms with Crippen molar-refractivity contribution in [2.75, 3.05) is 13.1 Å². The van der Waals surface area contributed by atoms with Gasteiger partial charge in [0, 0.05) is 19.5 Å². The van der Waals surface area contributed by atoms with Gasteiger partial charge >= 0.3 is 0 Å². The molecule has 0 saturated heterocycles. The molecule has 2 aromatic rings. The fourth-order valence-corrected chi connectivity index (χ4v) is 6.11. The lowest BCUT2D eigenvalue weighted by Crippen LogP contribution is -2.34. The average molecular weight is 495 g/mol. The highest BCUT2D eigenvalue weighted by molar-refractivity contribution is 5.43. The fraction of sp³-hybridized carbons (Fsp3) is 0.594. The second kappa shape index (κ2) is 13.3. The van der Waals surface area contributed by atoms with E-state index in [0.29, 0.717) is 31.7 Å². The molecule has 2 aromatic carbocycles. The molecule has 4 heteroatoms. The number of hydrogen-bond donors (Lipinski definition) is 0. The predicted octanol–water partition coefficient (Wildman–Crippen LogP) is 8.58. The van der Waals surface area contributed by atoms with Crippen molar-refractivity contribution in [1.29, 1.82) is 5.26 Å². The molecule has 2 aliphatic rings. The van der Waals surface area contributed by atoms with E-state index < -0.39 is 11.3 Å². The molecule has 0 bridgehead atoms. The Morgan fingerprint density at radius 3 is 1.78 bits per heavy atom. The maximum absolute atomic E-state index is 16.0. The highest BCUT2D eigenvalue weighted by atomic mass is 19.1. The molecule has 0 radical (unpaired) electrons. The minimum absolute atomic E-state index is 0.452. The Morgan fingerprint density at radius 2 is 1.31 bits per heavy atom. The van der Waals surface area contributed by atoms with Crippen LogP contribution in [0.4, 0.5) is 8.78 Å². The predicted molar refractivity (Wildman–Crippen MR) is 145 cm³/mol. The highest BCUT2D eigenvalue weighted by Gasteiger charge is 2.42.